The minimum absolute atomic E-state index is 0.0220. The summed E-state index contributed by atoms with van der Waals surface area (Å²) in [6.45, 7) is 9.60. The molecule has 2 rings (SSSR count). The highest BCUT2D eigenvalue weighted by molar-refractivity contribution is 5.74. The molecule has 26 heavy (non-hydrogen) atoms. The lowest BCUT2D eigenvalue weighted by atomic mass is 10.0. The van der Waals surface area contributed by atoms with E-state index < -0.39 is 0 Å². The van der Waals surface area contributed by atoms with Crippen molar-refractivity contribution in [2.24, 2.45) is 0 Å². The van der Waals surface area contributed by atoms with Crippen molar-refractivity contribution >= 4 is 11.8 Å². The molecule has 2 aromatic rings. The fourth-order valence-corrected chi connectivity index (χ4v) is 2.67. The van der Waals surface area contributed by atoms with E-state index >= 15 is 0 Å². The van der Waals surface area contributed by atoms with Crippen LogP contribution in [0.3, 0.4) is 0 Å². The van der Waals surface area contributed by atoms with Gasteiger partial charge in [-0.05, 0) is 18.2 Å². The summed E-state index contributed by atoms with van der Waals surface area (Å²) in [6, 6.07) is 7.61. The van der Waals surface area contributed by atoms with Crippen molar-refractivity contribution in [1.82, 2.24) is 14.9 Å². The number of anilines is 2. The van der Waals surface area contributed by atoms with Crippen molar-refractivity contribution in [3.8, 4) is 23.1 Å². The summed E-state index contributed by atoms with van der Waals surface area (Å²) in [7, 11) is 1.62. The third-order valence-electron chi connectivity index (χ3n) is 3.79. The fraction of sp³-hybridized carbons (Fsp3) is 0.211. The van der Waals surface area contributed by atoms with E-state index in [0.717, 1.165) is 16.9 Å². The normalized spacial score (nSPS) is 10.3. The standard InChI is InChI=1S/C19H22N6O/c1-4-8-25(9-5-2)12-14-10-13(6-7-16(14)26-3)17-15(11-20)18(21)24-19(22)23-17/h4-7,10H,1-2,8-9,12H2,3H3,(H4,21,22,23,24). The number of aromatic nitrogens is 2. The molecule has 0 spiro atoms. The molecule has 0 saturated heterocycles. The number of nitriles is 1. The summed E-state index contributed by atoms with van der Waals surface area (Å²) in [5.41, 5.74) is 13.8. The third-order valence-corrected chi connectivity index (χ3v) is 3.79. The van der Waals surface area contributed by atoms with Crippen LogP contribution in [0.2, 0.25) is 0 Å². The van der Waals surface area contributed by atoms with E-state index in [1.54, 1.807) is 7.11 Å². The summed E-state index contributed by atoms with van der Waals surface area (Å²) in [4.78, 5) is 10.2. The Bertz CT molecular complexity index is 846. The molecule has 1 aromatic heterocycles. The third kappa shape index (κ3) is 4.18. The highest BCUT2D eigenvalue weighted by atomic mass is 16.5. The average molecular weight is 350 g/mol. The maximum Gasteiger partial charge on any atom is 0.222 e. The summed E-state index contributed by atoms with van der Waals surface area (Å²) in [5.74, 6) is 0.821. The van der Waals surface area contributed by atoms with E-state index in [2.05, 4.69) is 28.0 Å². The quantitative estimate of drug-likeness (QED) is 0.702. The molecule has 1 heterocycles. The van der Waals surface area contributed by atoms with Crippen molar-refractivity contribution in [2.45, 2.75) is 6.54 Å². The fourth-order valence-electron chi connectivity index (χ4n) is 2.67. The van der Waals surface area contributed by atoms with Crippen LogP contribution >= 0.6 is 0 Å². The Morgan fingerprint density at radius 3 is 2.50 bits per heavy atom. The van der Waals surface area contributed by atoms with Gasteiger partial charge in [-0.15, -0.1) is 13.2 Å². The Labute approximate surface area is 153 Å². The van der Waals surface area contributed by atoms with Gasteiger partial charge in [0, 0.05) is 30.8 Å². The number of benzene rings is 1. The second kappa shape index (κ2) is 8.65. The molecule has 0 aliphatic heterocycles. The summed E-state index contributed by atoms with van der Waals surface area (Å²) < 4.78 is 5.47. The van der Waals surface area contributed by atoms with Gasteiger partial charge in [0.05, 0.1) is 12.8 Å². The van der Waals surface area contributed by atoms with Gasteiger partial charge in [-0.1, -0.05) is 12.2 Å². The van der Waals surface area contributed by atoms with E-state index in [0.29, 0.717) is 25.3 Å². The van der Waals surface area contributed by atoms with E-state index in [4.69, 9.17) is 16.2 Å². The number of methoxy groups -OCH3 is 1. The Morgan fingerprint density at radius 2 is 1.92 bits per heavy atom. The van der Waals surface area contributed by atoms with Crippen LogP contribution in [0.5, 0.6) is 5.75 Å². The molecule has 134 valence electrons. The first-order chi connectivity index (χ1) is 12.5. The number of nitrogens with two attached hydrogens (primary N) is 2. The molecule has 7 nitrogen and oxygen atoms in total. The first-order valence-electron chi connectivity index (χ1n) is 7.98. The van der Waals surface area contributed by atoms with E-state index in [9.17, 15) is 5.26 Å². The number of nitrogen functional groups attached to an aromatic ring is 2. The highest BCUT2D eigenvalue weighted by Crippen LogP contribution is 2.30. The van der Waals surface area contributed by atoms with Gasteiger partial charge in [-0.3, -0.25) is 4.90 Å². The van der Waals surface area contributed by atoms with Crippen molar-refractivity contribution in [3.63, 3.8) is 0 Å². The van der Waals surface area contributed by atoms with Gasteiger partial charge in [0.25, 0.3) is 0 Å². The molecule has 0 unspecified atom stereocenters. The molecule has 1 aromatic carbocycles. The lowest BCUT2D eigenvalue weighted by molar-refractivity contribution is 0.318. The minimum Gasteiger partial charge on any atom is -0.496 e. The van der Waals surface area contributed by atoms with Crippen LogP contribution in [0.1, 0.15) is 11.1 Å². The van der Waals surface area contributed by atoms with Gasteiger partial charge in [0.2, 0.25) is 5.95 Å². The molecular weight excluding hydrogens is 328 g/mol. The van der Waals surface area contributed by atoms with Crippen LogP contribution in [0.25, 0.3) is 11.3 Å². The molecule has 0 saturated carbocycles. The van der Waals surface area contributed by atoms with Gasteiger partial charge in [-0.25, -0.2) is 4.98 Å². The highest BCUT2D eigenvalue weighted by Gasteiger charge is 2.16. The van der Waals surface area contributed by atoms with E-state index in [1.165, 1.54) is 0 Å². The van der Waals surface area contributed by atoms with E-state index in [-0.39, 0.29) is 17.3 Å². The molecule has 0 fully saturated rings. The number of nitrogens with zero attached hydrogens (tertiary/aromatic N) is 4. The maximum atomic E-state index is 9.40. The number of rotatable bonds is 8. The molecule has 0 radical (unpaired) electrons. The Hall–Kier alpha value is -3.37. The monoisotopic (exact) mass is 350 g/mol. The van der Waals surface area contributed by atoms with Gasteiger partial charge in [0.1, 0.15) is 23.2 Å². The predicted molar refractivity (Wildman–Crippen MR) is 103 cm³/mol. The molecule has 0 aliphatic carbocycles. The predicted octanol–water partition coefficient (Wildman–Crippen LogP) is 2.36. The zero-order valence-electron chi connectivity index (χ0n) is 14.8. The Balaban J connectivity index is 2.52. The molecule has 4 N–H and O–H groups in total. The largest absolute Gasteiger partial charge is 0.496 e. The average Bonchev–Trinajstić information content (AvgIpc) is 2.61. The van der Waals surface area contributed by atoms with Gasteiger partial charge >= 0.3 is 0 Å². The topological polar surface area (TPSA) is 114 Å². The number of ether oxygens (including phenoxy) is 1. The van der Waals surface area contributed by atoms with Crippen LogP contribution < -0.4 is 16.2 Å². The molecular formula is C19H22N6O. The van der Waals surface area contributed by atoms with Gasteiger partial charge in [-0.2, -0.15) is 10.2 Å². The van der Waals surface area contributed by atoms with Crippen molar-refractivity contribution in [1.29, 1.82) is 5.26 Å². The first-order valence-corrected chi connectivity index (χ1v) is 7.98. The Kier molecular flexibility index (Phi) is 6.31. The number of hydrogen-bond acceptors (Lipinski definition) is 7. The van der Waals surface area contributed by atoms with Gasteiger partial charge in [0.15, 0.2) is 0 Å². The van der Waals surface area contributed by atoms with E-state index in [1.807, 2.05) is 36.4 Å². The zero-order valence-corrected chi connectivity index (χ0v) is 14.8. The van der Waals surface area contributed by atoms with Crippen LogP contribution in [0, 0.1) is 11.3 Å². The van der Waals surface area contributed by atoms with Crippen LogP contribution in [-0.4, -0.2) is 35.1 Å². The Morgan fingerprint density at radius 1 is 1.23 bits per heavy atom. The SMILES string of the molecule is C=CCN(CC=C)Cc1cc(-c2nc(N)nc(N)c2C#N)ccc1OC. The minimum atomic E-state index is 0.0220. The maximum absolute atomic E-state index is 9.40. The zero-order chi connectivity index (χ0) is 19.1. The summed E-state index contributed by atoms with van der Waals surface area (Å²) in [6.07, 6.45) is 3.67. The second-order valence-electron chi connectivity index (χ2n) is 5.60. The summed E-state index contributed by atoms with van der Waals surface area (Å²) >= 11 is 0. The molecule has 0 bridgehead atoms. The summed E-state index contributed by atoms with van der Waals surface area (Å²) in [5, 5.41) is 9.40. The van der Waals surface area contributed by atoms with Crippen LogP contribution in [0.15, 0.2) is 43.5 Å². The van der Waals surface area contributed by atoms with Gasteiger partial charge < -0.3 is 16.2 Å². The van der Waals surface area contributed by atoms with Crippen molar-refractivity contribution in [2.75, 3.05) is 31.7 Å². The van der Waals surface area contributed by atoms with Crippen molar-refractivity contribution in [3.05, 3.63) is 54.6 Å². The molecule has 0 amide bonds. The lowest BCUT2D eigenvalue weighted by Crippen LogP contribution is -2.23. The smallest absolute Gasteiger partial charge is 0.222 e. The molecule has 7 heteroatoms. The van der Waals surface area contributed by atoms with Crippen LogP contribution in [0.4, 0.5) is 11.8 Å². The number of hydrogen-bond donors (Lipinski definition) is 2. The van der Waals surface area contributed by atoms with Crippen LogP contribution in [-0.2, 0) is 6.54 Å². The second-order valence-corrected chi connectivity index (χ2v) is 5.60. The molecule has 0 aliphatic rings. The lowest BCUT2D eigenvalue weighted by Gasteiger charge is -2.21. The molecule has 0 atom stereocenters. The first kappa shape index (κ1) is 19.0. The van der Waals surface area contributed by atoms with Crippen molar-refractivity contribution < 1.29 is 4.74 Å².